The van der Waals surface area contributed by atoms with Crippen LogP contribution in [0.4, 0.5) is 0 Å². The molecule has 7 N–H and O–H groups in total. The van der Waals surface area contributed by atoms with E-state index in [9.17, 15) is 24.6 Å². The van der Waals surface area contributed by atoms with Gasteiger partial charge in [0.1, 0.15) is 18.1 Å². The van der Waals surface area contributed by atoms with Gasteiger partial charge >= 0.3 is 5.97 Å². The molecule has 1 aromatic rings. The van der Waals surface area contributed by atoms with Gasteiger partial charge in [-0.05, 0) is 12.5 Å². The Bertz CT molecular complexity index is 593. The van der Waals surface area contributed by atoms with E-state index in [1.807, 2.05) is 0 Å². The molecule has 9 nitrogen and oxygen atoms in total. The Kier molecular flexibility index (Phi) is 7.99. The van der Waals surface area contributed by atoms with Gasteiger partial charge in [0.25, 0.3) is 0 Å². The Balaban J connectivity index is 2.81. The molecule has 2 amide bonds. The van der Waals surface area contributed by atoms with Gasteiger partial charge in [-0.25, -0.2) is 4.79 Å². The lowest BCUT2D eigenvalue weighted by Crippen LogP contribution is -2.58. The Morgan fingerprint density at radius 3 is 2.20 bits per heavy atom. The smallest absolute Gasteiger partial charge is 0.326 e. The number of nitrogens with two attached hydrogens (primary N) is 1. The predicted octanol–water partition coefficient (Wildman–Crippen LogP) is -2.02. The maximum atomic E-state index is 12.3. The molecule has 0 saturated carbocycles. The van der Waals surface area contributed by atoms with Gasteiger partial charge in [0.05, 0.1) is 12.7 Å². The number of carbonyl (C=O) groups excluding carboxylic acids is 2. The van der Waals surface area contributed by atoms with E-state index < -0.39 is 48.6 Å². The second-order valence-corrected chi connectivity index (χ2v) is 5.61. The van der Waals surface area contributed by atoms with Crippen molar-refractivity contribution in [2.75, 3.05) is 6.61 Å². The number of carboxylic acids is 1. The number of aliphatic hydroxyl groups is 2. The third kappa shape index (κ3) is 6.49. The minimum absolute atomic E-state index is 0.0402. The highest BCUT2D eigenvalue weighted by Gasteiger charge is 2.30. The fraction of sp³-hybridized carbons (Fsp3) is 0.438. The van der Waals surface area contributed by atoms with Crippen molar-refractivity contribution in [2.24, 2.45) is 5.73 Å². The summed E-state index contributed by atoms with van der Waals surface area (Å²) in [5.74, 6) is -2.95. The number of amides is 2. The van der Waals surface area contributed by atoms with Crippen molar-refractivity contribution in [2.45, 2.75) is 37.6 Å². The molecule has 1 rings (SSSR count). The third-order valence-corrected chi connectivity index (χ3v) is 3.49. The number of hydrogen-bond acceptors (Lipinski definition) is 6. The first-order valence-corrected chi connectivity index (χ1v) is 7.68. The van der Waals surface area contributed by atoms with Crippen LogP contribution >= 0.6 is 0 Å². The van der Waals surface area contributed by atoms with Gasteiger partial charge in [0, 0.05) is 6.42 Å². The first kappa shape index (κ1) is 20.6. The maximum absolute atomic E-state index is 12.3. The lowest BCUT2D eigenvalue weighted by molar-refractivity contribution is -0.142. The molecule has 9 heteroatoms. The highest BCUT2D eigenvalue weighted by atomic mass is 16.4. The molecule has 138 valence electrons. The molecular weight excluding hydrogens is 330 g/mol. The minimum atomic E-state index is -1.40. The van der Waals surface area contributed by atoms with Gasteiger partial charge in [-0.2, -0.15) is 0 Å². The van der Waals surface area contributed by atoms with E-state index in [4.69, 9.17) is 10.8 Å². The fourth-order valence-electron chi connectivity index (χ4n) is 2.06. The van der Waals surface area contributed by atoms with Crippen molar-refractivity contribution in [3.8, 4) is 0 Å². The number of carbonyl (C=O) groups is 3. The molecule has 0 radical (unpaired) electrons. The number of aliphatic carboxylic acids is 1. The molecule has 0 fully saturated rings. The van der Waals surface area contributed by atoms with Crippen molar-refractivity contribution in [1.82, 2.24) is 10.6 Å². The predicted molar refractivity (Wildman–Crippen MR) is 88.4 cm³/mol. The van der Waals surface area contributed by atoms with Crippen LogP contribution in [0, 0.1) is 0 Å². The summed E-state index contributed by atoms with van der Waals surface area (Å²) in [6.45, 7) is 0.633. The van der Waals surface area contributed by atoms with Crippen LogP contribution in [-0.2, 0) is 20.8 Å². The molecule has 0 aliphatic heterocycles. The third-order valence-electron chi connectivity index (χ3n) is 3.49. The second kappa shape index (κ2) is 9.72. The van der Waals surface area contributed by atoms with E-state index >= 15 is 0 Å². The monoisotopic (exact) mass is 353 g/mol. The molecular formula is C16H23N3O6. The molecule has 4 atom stereocenters. The SMILES string of the molecule is C[C@@H](O)[C@H](NC(=O)[C@@H](N)CO)C(=O)N[C@@H](Cc1ccccc1)C(=O)O. The zero-order valence-electron chi connectivity index (χ0n) is 13.8. The first-order chi connectivity index (χ1) is 11.8. The molecule has 0 aromatic heterocycles. The van der Waals surface area contributed by atoms with Gasteiger partial charge in [-0.1, -0.05) is 30.3 Å². The number of rotatable bonds is 9. The highest BCUT2D eigenvalue weighted by molar-refractivity contribution is 5.92. The molecule has 0 aliphatic rings. The molecule has 0 spiro atoms. The average molecular weight is 353 g/mol. The molecule has 25 heavy (non-hydrogen) atoms. The standard InChI is InChI=1S/C16H23N3O6/c1-9(21)13(19-14(22)11(17)8-20)15(23)18-12(16(24)25)7-10-5-3-2-4-6-10/h2-6,9,11-13,20-21H,7-8,17H2,1H3,(H,18,23)(H,19,22)(H,24,25)/t9-,11+,12+,13+/m1/s1. The Hall–Kier alpha value is -2.49. The van der Waals surface area contributed by atoms with Crippen molar-refractivity contribution in [3.05, 3.63) is 35.9 Å². The Morgan fingerprint density at radius 1 is 1.12 bits per heavy atom. The molecule has 0 aliphatic carbocycles. The van der Waals surface area contributed by atoms with E-state index in [0.717, 1.165) is 0 Å². The zero-order valence-corrected chi connectivity index (χ0v) is 13.8. The maximum Gasteiger partial charge on any atom is 0.326 e. The topological polar surface area (TPSA) is 162 Å². The van der Waals surface area contributed by atoms with Crippen molar-refractivity contribution in [1.29, 1.82) is 0 Å². The average Bonchev–Trinajstić information content (AvgIpc) is 2.58. The Morgan fingerprint density at radius 2 is 1.72 bits per heavy atom. The fourth-order valence-corrected chi connectivity index (χ4v) is 2.06. The van der Waals surface area contributed by atoms with E-state index in [1.165, 1.54) is 6.92 Å². The Labute approximate surface area is 144 Å². The van der Waals surface area contributed by atoms with E-state index in [1.54, 1.807) is 30.3 Å². The van der Waals surface area contributed by atoms with Gasteiger partial charge < -0.3 is 31.7 Å². The molecule has 0 heterocycles. The number of benzene rings is 1. The van der Waals surface area contributed by atoms with Crippen LogP contribution < -0.4 is 16.4 Å². The van der Waals surface area contributed by atoms with Crippen LogP contribution in [-0.4, -0.2) is 63.9 Å². The number of hydrogen-bond donors (Lipinski definition) is 6. The van der Waals surface area contributed by atoms with Crippen LogP contribution in [0.2, 0.25) is 0 Å². The lowest BCUT2D eigenvalue weighted by atomic mass is 10.0. The van der Waals surface area contributed by atoms with Crippen LogP contribution in [0.3, 0.4) is 0 Å². The summed E-state index contributed by atoms with van der Waals surface area (Å²) < 4.78 is 0. The van der Waals surface area contributed by atoms with E-state index in [0.29, 0.717) is 5.56 Å². The van der Waals surface area contributed by atoms with Crippen LogP contribution in [0.25, 0.3) is 0 Å². The van der Waals surface area contributed by atoms with Crippen molar-refractivity contribution < 1.29 is 29.7 Å². The van der Waals surface area contributed by atoms with Gasteiger partial charge in [0.15, 0.2) is 0 Å². The normalized spacial score (nSPS) is 15.5. The van der Waals surface area contributed by atoms with Crippen molar-refractivity contribution in [3.63, 3.8) is 0 Å². The van der Waals surface area contributed by atoms with Crippen molar-refractivity contribution >= 4 is 17.8 Å². The highest BCUT2D eigenvalue weighted by Crippen LogP contribution is 2.05. The van der Waals surface area contributed by atoms with Crippen LogP contribution in [0.1, 0.15) is 12.5 Å². The first-order valence-electron chi connectivity index (χ1n) is 7.68. The lowest BCUT2D eigenvalue weighted by Gasteiger charge is -2.24. The van der Waals surface area contributed by atoms with Crippen LogP contribution in [0.5, 0.6) is 0 Å². The largest absolute Gasteiger partial charge is 0.480 e. The number of aliphatic hydroxyl groups excluding tert-OH is 2. The summed E-state index contributed by atoms with van der Waals surface area (Å²) in [6.07, 6.45) is -1.25. The summed E-state index contributed by atoms with van der Waals surface area (Å²) in [5, 5.41) is 32.3. The van der Waals surface area contributed by atoms with E-state index in [2.05, 4.69) is 10.6 Å². The van der Waals surface area contributed by atoms with Crippen LogP contribution in [0.15, 0.2) is 30.3 Å². The quantitative estimate of drug-likeness (QED) is 0.299. The molecule has 0 saturated heterocycles. The van der Waals surface area contributed by atoms with Gasteiger partial charge in [-0.3, -0.25) is 9.59 Å². The second-order valence-electron chi connectivity index (χ2n) is 5.61. The van der Waals surface area contributed by atoms with E-state index in [-0.39, 0.29) is 6.42 Å². The number of nitrogens with one attached hydrogen (secondary N) is 2. The summed E-state index contributed by atoms with van der Waals surface area (Å²) >= 11 is 0. The minimum Gasteiger partial charge on any atom is -0.480 e. The summed E-state index contributed by atoms with van der Waals surface area (Å²) in [5.41, 5.74) is 6.05. The number of carboxylic acid groups (broad SMARTS) is 1. The summed E-state index contributed by atoms with van der Waals surface area (Å²) in [4.78, 5) is 35.4. The summed E-state index contributed by atoms with van der Waals surface area (Å²) in [6, 6.07) is 4.81. The zero-order chi connectivity index (χ0) is 19.0. The van der Waals surface area contributed by atoms with Gasteiger partial charge in [0.2, 0.25) is 11.8 Å². The molecule has 0 unspecified atom stereocenters. The molecule has 0 bridgehead atoms. The van der Waals surface area contributed by atoms with Gasteiger partial charge in [-0.15, -0.1) is 0 Å². The summed E-state index contributed by atoms with van der Waals surface area (Å²) in [7, 11) is 0. The molecule has 1 aromatic carbocycles.